The Morgan fingerprint density at radius 3 is 2.50 bits per heavy atom. The Hall–Kier alpha value is -0.660. The number of hydrogen-bond donors (Lipinski definition) is 0. The number of thioether (sulfide) groups is 1. The fraction of sp³-hybridized carbons (Fsp3) is 0.286. The lowest BCUT2D eigenvalue weighted by molar-refractivity contribution is 0.480. The lowest BCUT2D eigenvalue weighted by Crippen LogP contribution is -2.09. The van der Waals surface area contributed by atoms with Crippen molar-refractivity contribution in [2.75, 3.05) is 0 Å². The first-order chi connectivity index (χ1) is 7.55. The van der Waals surface area contributed by atoms with Crippen LogP contribution in [0.5, 0.6) is 0 Å². The van der Waals surface area contributed by atoms with Gasteiger partial charge in [0.05, 0.1) is 0 Å². The average molecular weight is 251 g/mol. The first-order valence-electron chi connectivity index (χ1n) is 5.37. The van der Waals surface area contributed by atoms with E-state index in [2.05, 4.69) is 44.2 Å². The van der Waals surface area contributed by atoms with Crippen LogP contribution in [0.2, 0.25) is 5.02 Å². The molecular formula is C14H15ClS. The van der Waals surface area contributed by atoms with E-state index in [1.165, 1.54) is 9.80 Å². The van der Waals surface area contributed by atoms with Crippen LogP contribution in [0.15, 0.2) is 52.3 Å². The molecule has 0 radical (unpaired) electrons. The van der Waals surface area contributed by atoms with Gasteiger partial charge in [0.15, 0.2) is 0 Å². The fourth-order valence-corrected chi connectivity index (χ4v) is 3.00. The summed E-state index contributed by atoms with van der Waals surface area (Å²) in [6.45, 7) is 4.53. The minimum absolute atomic E-state index is 0.281. The number of halogens is 1. The molecule has 0 nitrogen and oxygen atoms in total. The second-order valence-electron chi connectivity index (χ2n) is 4.71. The van der Waals surface area contributed by atoms with Crippen LogP contribution in [-0.4, -0.2) is 0 Å². The molecule has 0 saturated heterocycles. The Labute approximate surface area is 106 Å². The molecule has 1 aromatic carbocycles. The Balaban J connectivity index is 2.08. The van der Waals surface area contributed by atoms with E-state index in [-0.39, 0.29) is 5.41 Å². The zero-order chi connectivity index (χ0) is 11.6. The van der Waals surface area contributed by atoms with Gasteiger partial charge in [0.2, 0.25) is 0 Å². The Bertz CT molecular complexity index is 427. The molecular weight excluding hydrogens is 236 g/mol. The third-order valence-corrected chi connectivity index (χ3v) is 3.82. The molecule has 2 heteroatoms. The Morgan fingerprint density at radius 2 is 1.88 bits per heavy atom. The van der Waals surface area contributed by atoms with E-state index in [1.54, 1.807) is 0 Å². The van der Waals surface area contributed by atoms with Crippen molar-refractivity contribution in [2.24, 2.45) is 5.41 Å². The summed E-state index contributed by atoms with van der Waals surface area (Å²) >= 11 is 7.69. The maximum atomic E-state index is 5.86. The largest absolute Gasteiger partial charge is 0.0945 e. The molecule has 0 bridgehead atoms. The fourth-order valence-electron chi connectivity index (χ4n) is 1.71. The lowest BCUT2D eigenvalue weighted by atomic mass is 9.86. The van der Waals surface area contributed by atoms with Crippen molar-refractivity contribution in [1.29, 1.82) is 0 Å². The van der Waals surface area contributed by atoms with E-state index in [0.29, 0.717) is 0 Å². The summed E-state index contributed by atoms with van der Waals surface area (Å²) in [5, 5.41) is 0.794. The van der Waals surface area contributed by atoms with Crippen molar-refractivity contribution in [2.45, 2.75) is 25.2 Å². The highest BCUT2D eigenvalue weighted by Crippen LogP contribution is 2.39. The van der Waals surface area contributed by atoms with Crippen molar-refractivity contribution in [3.8, 4) is 0 Å². The standard InChI is InChI=1S/C14H15ClS/c1-14(2)9-3-4-13(10-14)16-12-7-5-11(15)6-8-12/h3-9H,10H2,1-2H3. The smallest absolute Gasteiger partial charge is 0.0406 e. The minimum Gasteiger partial charge on any atom is -0.0945 e. The van der Waals surface area contributed by atoms with Crippen molar-refractivity contribution in [1.82, 2.24) is 0 Å². The summed E-state index contributed by atoms with van der Waals surface area (Å²) in [4.78, 5) is 2.66. The van der Waals surface area contributed by atoms with Gasteiger partial charge < -0.3 is 0 Å². The molecule has 2 rings (SSSR count). The molecule has 0 fully saturated rings. The molecule has 0 saturated carbocycles. The highest BCUT2D eigenvalue weighted by Gasteiger charge is 2.19. The monoisotopic (exact) mass is 250 g/mol. The van der Waals surface area contributed by atoms with Gasteiger partial charge in [0.1, 0.15) is 0 Å². The molecule has 0 aromatic heterocycles. The maximum Gasteiger partial charge on any atom is 0.0406 e. The minimum atomic E-state index is 0.281. The lowest BCUT2D eigenvalue weighted by Gasteiger charge is -2.24. The van der Waals surface area contributed by atoms with Crippen molar-refractivity contribution in [3.05, 3.63) is 52.4 Å². The highest BCUT2D eigenvalue weighted by molar-refractivity contribution is 8.03. The van der Waals surface area contributed by atoms with Gasteiger partial charge in [-0.3, -0.25) is 0 Å². The molecule has 0 unspecified atom stereocenters. The van der Waals surface area contributed by atoms with E-state index in [0.717, 1.165) is 11.4 Å². The van der Waals surface area contributed by atoms with Crippen LogP contribution in [-0.2, 0) is 0 Å². The van der Waals surface area contributed by atoms with E-state index < -0.39 is 0 Å². The van der Waals surface area contributed by atoms with Gasteiger partial charge in [-0.1, -0.05) is 55.4 Å². The Kier molecular flexibility index (Phi) is 3.46. The van der Waals surface area contributed by atoms with Crippen LogP contribution in [0, 0.1) is 5.41 Å². The summed E-state index contributed by atoms with van der Waals surface area (Å²) in [7, 11) is 0. The van der Waals surface area contributed by atoms with Crippen LogP contribution in [0.1, 0.15) is 20.3 Å². The third-order valence-electron chi connectivity index (χ3n) is 2.52. The molecule has 16 heavy (non-hydrogen) atoms. The SMILES string of the molecule is CC1(C)C=CC=C(Sc2ccc(Cl)cc2)C1. The molecule has 1 aromatic rings. The van der Waals surface area contributed by atoms with Crippen LogP contribution >= 0.6 is 23.4 Å². The van der Waals surface area contributed by atoms with E-state index in [1.807, 2.05) is 23.9 Å². The van der Waals surface area contributed by atoms with Crippen molar-refractivity contribution >= 4 is 23.4 Å². The van der Waals surface area contributed by atoms with Gasteiger partial charge >= 0.3 is 0 Å². The van der Waals surface area contributed by atoms with Crippen LogP contribution in [0.4, 0.5) is 0 Å². The van der Waals surface area contributed by atoms with Crippen LogP contribution in [0.3, 0.4) is 0 Å². The molecule has 0 aliphatic heterocycles. The summed E-state index contributed by atoms with van der Waals surface area (Å²) in [6, 6.07) is 8.01. The number of allylic oxidation sites excluding steroid dienone is 4. The number of rotatable bonds is 2. The van der Waals surface area contributed by atoms with Gasteiger partial charge in [0, 0.05) is 9.92 Å². The van der Waals surface area contributed by atoms with Crippen LogP contribution in [0.25, 0.3) is 0 Å². The van der Waals surface area contributed by atoms with Gasteiger partial charge in [-0.25, -0.2) is 0 Å². The molecule has 0 heterocycles. The van der Waals surface area contributed by atoms with E-state index in [4.69, 9.17) is 11.6 Å². The van der Waals surface area contributed by atoms with Gasteiger partial charge in [0.25, 0.3) is 0 Å². The second kappa shape index (κ2) is 4.68. The molecule has 1 aliphatic rings. The topological polar surface area (TPSA) is 0 Å². The molecule has 0 amide bonds. The molecule has 0 N–H and O–H groups in total. The summed E-state index contributed by atoms with van der Waals surface area (Å²) in [5.41, 5.74) is 0.281. The molecule has 84 valence electrons. The zero-order valence-corrected chi connectivity index (χ0v) is 11.1. The maximum absolute atomic E-state index is 5.86. The van der Waals surface area contributed by atoms with Gasteiger partial charge in [-0.15, -0.1) is 0 Å². The zero-order valence-electron chi connectivity index (χ0n) is 9.53. The summed E-state index contributed by atoms with van der Waals surface area (Å²) < 4.78 is 0. The summed E-state index contributed by atoms with van der Waals surface area (Å²) in [5.74, 6) is 0. The highest BCUT2D eigenvalue weighted by atomic mass is 35.5. The number of hydrogen-bond acceptors (Lipinski definition) is 1. The normalized spacial score (nSPS) is 18.3. The van der Waals surface area contributed by atoms with Crippen LogP contribution < -0.4 is 0 Å². The second-order valence-corrected chi connectivity index (χ2v) is 6.35. The first-order valence-corrected chi connectivity index (χ1v) is 6.56. The van der Waals surface area contributed by atoms with E-state index >= 15 is 0 Å². The first kappa shape index (κ1) is 11.8. The number of benzene rings is 1. The molecule has 0 spiro atoms. The predicted molar refractivity (Wildman–Crippen MR) is 72.9 cm³/mol. The van der Waals surface area contributed by atoms with Crippen molar-refractivity contribution in [3.63, 3.8) is 0 Å². The predicted octanol–water partition coefficient (Wildman–Crippen LogP) is 5.30. The van der Waals surface area contributed by atoms with Gasteiger partial charge in [-0.2, -0.15) is 0 Å². The van der Waals surface area contributed by atoms with E-state index in [9.17, 15) is 0 Å². The average Bonchev–Trinajstić information content (AvgIpc) is 2.20. The quantitative estimate of drug-likeness (QED) is 0.686. The Morgan fingerprint density at radius 1 is 1.19 bits per heavy atom. The van der Waals surface area contributed by atoms with Crippen molar-refractivity contribution < 1.29 is 0 Å². The van der Waals surface area contributed by atoms with Gasteiger partial charge in [-0.05, 0) is 41.0 Å². The third kappa shape index (κ3) is 3.16. The summed E-state index contributed by atoms with van der Waals surface area (Å²) in [6.07, 6.45) is 7.72. The molecule has 1 aliphatic carbocycles. The molecule has 0 atom stereocenters.